The molecule has 2 aromatic carbocycles. The highest BCUT2D eigenvalue weighted by atomic mass is 16.4. The van der Waals surface area contributed by atoms with E-state index in [1.54, 1.807) is 24.3 Å². The van der Waals surface area contributed by atoms with Gasteiger partial charge in [0.25, 0.3) is 0 Å². The molecule has 0 fully saturated rings. The number of carboxylic acids is 1. The average Bonchev–Trinajstić information content (AvgIpc) is 2.93. The third kappa shape index (κ3) is 2.81. The summed E-state index contributed by atoms with van der Waals surface area (Å²) in [6, 6.07) is 16.4. The van der Waals surface area contributed by atoms with Crippen molar-refractivity contribution >= 4 is 28.5 Å². The second-order valence-electron chi connectivity index (χ2n) is 5.17. The van der Waals surface area contributed by atoms with Gasteiger partial charge in [0, 0.05) is 12.3 Å². The second kappa shape index (κ2) is 5.96. The molecule has 23 heavy (non-hydrogen) atoms. The van der Waals surface area contributed by atoms with Crippen molar-refractivity contribution in [3.8, 4) is 0 Å². The number of amides is 1. The number of aromatic carboxylic acids is 1. The molecule has 1 N–H and O–H groups in total. The summed E-state index contributed by atoms with van der Waals surface area (Å²) in [4.78, 5) is 25.1. The Hall–Kier alpha value is -3.08. The van der Waals surface area contributed by atoms with Crippen LogP contribution in [0, 0.1) is 0 Å². The summed E-state index contributed by atoms with van der Waals surface area (Å²) in [7, 11) is 0. The van der Waals surface area contributed by atoms with Crippen molar-refractivity contribution < 1.29 is 19.1 Å². The zero-order valence-electron chi connectivity index (χ0n) is 12.5. The number of carboxylic acid groups (broad SMARTS) is 1. The predicted octanol–water partition coefficient (Wildman–Crippen LogP) is 3.68. The van der Waals surface area contributed by atoms with Gasteiger partial charge in [0.2, 0.25) is 11.7 Å². The Morgan fingerprint density at radius 3 is 2.35 bits per heavy atom. The van der Waals surface area contributed by atoms with Gasteiger partial charge in [-0.05, 0) is 17.7 Å². The number of hydrogen-bond acceptors (Lipinski definition) is 3. The quantitative estimate of drug-likeness (QED) is 0.798. The van der Waals surface area contributed by atoms with Crippen molar-refractivity contribution in [1.82, 2.24) is 0 Å². The van der Waals surface area contributed by atoms with Gasteiger partial charge in [0.05, 0.1) is 6.54 Å². The summed E-state index contributed by atoms with van der Waals surface area (Å²) >= 11 is 0. The lowest BCUT2D eigenvalue weighted by Crippen LogP contribution is -2.29. The van der Waals surface area contributed by atoms with Gasteiger partial charge < -0.3 is 14.4 Å². The van der Waals surface area contributed by atoms with Gasteiger partial charge in [0.15, 0.2) is 0 Å². The van der Waals surface area contributed by atoms with Crippen LogP contribution in [0.25, 0.3) is 11.0 Å². The second-order valence-corrected chi connectivity index (χ2v) is 5.17. The number of furan rings is 1. The number of anilines is 1. The highest BCUT2D eigenvalue weighted by molar-refractivity contribution is 6.09. The largest absolute Gasteiger partial charge is 0.475 e. The molecule has 0 bridgehead atoms. The summed E-state index contributed by atoms with van der Waals surface area (Å²) in [5, 5.41) is 10.0. The van der Waals surface area contributed by atoms with Crippen LogP contribution in [0.2, 0.25) is 0 Å². The first-order valence-electron chi connectivity index (χ1n) is 7.15. The van der Waals surface area contributed by atoms with Crippen LogP contribution in [0.4, 0.5) is 5.69 Å². The normalized spacial score (nSPS) is 10.7. The molecule has 0 aliphatic heterocycles. The molecule has 0 aliphatic rings. The van der Waals surface area contributed by atoms with E-state index in [9.17, 15) is 14.7 Å². The van der Waals surface area contributed by atoms with Crippen LogP contribution in [-0.2, 0) is 11.3 Å². The fraction of sp³-hybridized carbons (Fsp3) is 0.111. The molecule has 0 atom stereocenters. The van der Waals surface area contributed by atoms with Crippen molar-refractivity contribution in [2.45, 2.75) is 13.5 Å². The van der Waals surface area contributed by atoms with E-state index in [1.807, 2.05) is 30.3 Å². The third-order valence-electron chi connectivity index (χ3n) is 3.60. The monoisotopic (exact) mass is 309 g/mol. The number of hydrogen-bond donors (Lipinski definition) is 1. The molecule has 3 aromatic rings. The molecule has 1 aromatic heterocycles. The van der Waals surface area contributed by atoms with Crippen LogP contribution in [0.15, 0.2) is 59.0 Å². The zero-order valence-corrected chi connectivity index (χ0v) is 12.5. The first kappa shape index (κ1) is 14.8. The molecule has 3 rings (SSSR count). The summed E-state index contributed by atoms with van der Waals surface area (Å²) < 4.78 is 5.44. The highest BCUT2D eigenvalue weighted by Gasteiger charge is 2.26. The maximum Gasteiger partial charge on any atom is 0.374 e. The van der Waals surface area contributed by atoms with Crippen LogP contribution in [0.1, 0.15) is 23.0 Å². The smallest absolute Gasteiger partial charge is 0.374 e. The average molecular weight is 309 g/mol. The maximum absolute atomic E-state index is 12.2. The maximum atomic E-state index is 12.2. The molecule has 0 saturated carbocycles. The fourth-order valence-electron chi connectivity index (χ4n) is 2.56. The molecule has 5 heteroatoms. The van der Waals surface area contributed by atoms with Gasteiger partial charge in [-0.15, -0.1) is 0 Å². The summed E-state index contributed by atoms with van der Waals surface area (Å²) in [5.74, 6) is -1.67. The van der Waals surface area contributed by atoms with Gasteiger partial charge in [0.1, 0.15) is 11.3 Å². The lowest BCUT2D eigenvalue weighted by molar-refractivity contribution is -0.116. The van der Waals surface area contributed by atoms with Gasteiger partial charge >= 0.3 is 5.97 Å². The van der Waals surface area contributed by atoms with E-state index in [2.05, 4.69) is 0 Å². The molecular formula is C18H15NO4. The van der Waals surface area contributed by atoms with Gasteiger partial charge in [-0.1, -0.05) is 42.5 Å². The number of para-hydroxylation sites is 1. The van der Waals surface area contributed by atoms with Crippen molar-refractivity contribution in [3.63, 3.8) is 0 Å². The van der Waals surface area contributed by atoms with E-state index < -0.39 is 5.97 Å². The SMILES string of the molecule is CC(=O)N(Cc1ccccc1)c1c(C(=O)O)oc2ccccc12. The Balaban J connectivity index is 2.16. The molecule has 0 saturated heterocycles. The summed E-state index contributed by atoms with van der Waals surface area (Å²) in [6.07, 6.45) is 0. The molecule has 0 radical (unpaired) electrons. The number of carbonyl (C=O) groups is 2. The third-order valence-corrected chi connectivity index (χ3v) is 3.60. The van der Waals surface area contributed by atoms with Crippen molar-refractivity contribution in [3.05, 3.63) is 65.9 Å². The minimum Gasteiger partial charge on any atom is -0.475 e. The number of fused-ring (bicyclic) bond motifs is 1. The molecule has 116 valence electrons. The van der Waals surface area contributed by atoms with E-state index >= 15 is 0 Å². The Morgan fingerprint density at radius 1 is 1.04 bits per heavy atom. The van der Waals surface area contributed by atoms with Crippen LogP contribution in [0.3, 0.4) is 0 Å². The number of benzene rings is 2. The molecule has 0 aliphatic carbocycles. The Labute approximate surface area is 132 Å². The molecule has 0 spiro atoms. The topological polar surface area (TPSA) is 70.8 Å². The van der Waals surface area contributed by atoms with Gasteiger partial charge in [-0.25, -0.2) is 4.79 Å². The van der Waals surface area contributed by atoms with E-state index in [4.69, 9.17) is 4.42 Å². The van der Waals surface area contributed by atoms with Crippen molar-refractivity contribution in [2.24, 2.45) is 0 Å². The zero-order chi connectivity index (χ0) is 16.4. The first-order chi connectivity index (χ1) is 11.1. The number of rotatable bonds is 4. The van der Waals surface area contributed by atoms with E-state index in [0.29, 0.717) is 16.7 Å². The summed E-state index contributed by atoms with van der Waals surface area (Å²) in [5.41, 5.74) is 1.65. The lowest BCUT2D eigenvalue weighted by atomic mass is 10.1. The molecule has 0 unspecified atom stereocenters. The van der Waals surface area contributed by atoms with E-state index in [1.165, 1.54) is 11.8 Å². The minimum absolute atomic E-state index is 0.225. The van der Waals surface area contributed by atoms with E-state index in [-0.39, 0.29) is 18.2 Å². The van der Waals surface area contributed by atoms with Crippen molar-refractivity contribution in [2.75, 3.05) is 4.90 Å². The molecule has 1 amide bonds. The first-order valence-corrected chi connectivity index (χ1v) is 7.15. The predicted molar refractivity (Wildman–Crippen MR) is 86.5 cm³/mol. The minimum atomic E-state index is -1.20. The van der Waals surface area contributed by atoms with Gasteiger partial charge in [-0.3, -0.25) is 4.79 Å². The molecular weight excluding hydrogens is 294 g/mol. The number of carbonyl (C=O) groups excluding carboxylic acids is 1. The van der Waals surface area contributed by atoms with Crippen LogP contribution in [-0.4, -0.2) is 17.0 Å². The van der Waals surface area contributed by atoms with Crippen LogP contribution in [0.5, 0.6) is 0 Å². The van der Waals surface area contributed by atoms with Crippen LogP contribution >= 0.6 is 0 Å². The highest BCUT2D eigenvalue weighted by Crippen LogP contribution is 2.35. The van der Waals surface area contributed by atoms with E-state index in [0.717, 1.165) is 5.56 Å². The van der Waals surface area contributed by atoms with Crippen molar-refractivity contribution in [1.29, 1.82) is 0 Å². The lowest BCUT2D eigenvalue weighted by Gasteiger charge is -2.20. The molecule has 1 heterocycles. The van der Waals surface area contributed by atoms with Crippen LogP contribution < -0.4 is 4.90 Å². The number of nitrogens with zero attached hydrogens (tertiary/aromatic N) is 1. The standard InChI is InChI=1S/C18H15NO4/c1-12(20)19(11-13-7-3-2-4-8-13)16-14-9-5-6-10-15(14)23-17(16)18(21)22/h2-10H,11H2,1H3,(H,21,22). The Kier molecular flexibility index (Phi) is 3.85. The molecule has 5 nitrogen and oxygen atoms in total. The van der Waals surface area contributed by atoms with Gasteiger partial charge in [-0.2, -0.15) is 0 Å². The fourth-order valence-corrected chi connectivity index (χ4v) is 2.56. The Morgan fingerprint density at radius 2 is 1.70 bits per heavy atom. The summed E-state index contributed by atoms with van der Waals surface area (Å²) in [6.45, 7) is 1.69. The Bertz CT molecular complexity index is 867.